The maximum Gasteiger partial charge on any atom is 0.141 e. The SMILES string of the molecule is Cn1cc(F)cc1C(C)(C)C. The van der Waals surface area contributed by atoms with E-state index >= 15 is 0 Å². The molecule has 0 aliphatic rings. The quantitative estimate of drug-likeness (QED) is 0.542. The Kier molecular flexibility index (Phi) is 1.78. The lowest BCUT2D eigenvalue weighted by Gasteiger charge is -2.18. The van der Waals surface area contributed by atoms with Gasteiger partial charge in [-0.05, 0) is 6.07 Å². The zero-order chi connectivity index (χ0) is 8.65. The van der Waals surface area contributed by atoms with Crippen LogP contribution in [0.15, 0.2) is 12.3 Å². The molecule has 1 rings (SSSR count). The van der Waals surface area contributed by atoms with Crippen LogP contribution in [0.4, 0.5) is 4.39 Å². The van der Waals surface area contributed by atoms with E-state index in [1.165, 1.54) is 6.20 Å². The van der Waals surface area contributed by atoms with Gasteiger partial charge in [0.15, 0.2) is 0 Å². The molecule has 1 nitrogen and oxygen atoms in total. The second kappa shape index (κ2) is 2.36. The molecule has 62 valence electrons. The van der Waals surface area contributed by atoms with E-state index in [0.29, 0.717) is 0 Å². The Balaban J connectivity index is 3.13. The van der Waals surface area contributed by atoms with E-state index in [9.17, 15) is 4.39 Å². The first-order valence-electron chi connectivity index (χ1n) is 3.73. The average molecular weight is 155 g/mol. The highest BCUT2D eigenvalue weighted by Crippen LogP contribution is 2.22. The van der Waals surface area contributed by atoms with Gasteiger partial charge in [0.05, 0.1) is 0 Å². The molecule has 0 unspecified atom stereocenters. The summed E-state index contributed by atoms with van der Waals surface area (Å²) < 4.78 is 14.5. The van der Waals surface area contributed by atoms with Crippen molar-refractivity contribution in [2.75, 3.05) is 0 Å². The van der Waals surface area contributed by atoms with Gasteiger partial charge >= 0.3 is 0 Å². The van der Waals surface area contributed by atoms with Crippen molar-refractivity contribution in [3.8, 4) is 0 Å². The van der Waals surface area contributed by atoms with Crippen LogP contribution in [0.5, 0.6) is 0 Å². The van der Waals surface area contributed by atoms with Gasteiger partial charge in [0, 0.05) is 24.4 Å². The minimum absolute atomic E-state index is 0.0269. The maximum atomic E-state index is 12.7. The van der Waals surface area contributed by atoms with Gasteiger partial charge in [-0.15, -0.1) is 0 Å². The topological polar surface area (TPSA) is 4.93 Å². The zero-order valence-corrected chi connectivity index (χ0v) is 7.48. The second-order valence-electron chi connectivity index (χ2n) is 3.90. The molecular weight excluding hydrogens is 141 g/mol. The highest BCUT2D eigenvalue weighted by molar-refractivity contribution is 5.16. The van der Waals surface area contributed by atoms with Crippen molar-refractivity contribution in [1.82, 2.24) is 4.57 Å². The number of aromatic nitrogens is 1. The minimum Gasteiger partial charge on any atom is -0.351 e. The van der Waals surface area contributed by atoms with Gasteiger partial charge in [0.2, 0.25) is 0 Å². The Morgan fingerprint density at radius 3 is 2.09 bits per heavy atom. The molecule has 11 heavy (non-hydrogen) atoms. The Labute approximate surface area is 66.8 Å². The van der Waals surface area contributed by atoms with Crippen LogP contribution in [0.25, 0.3) is 0 Å². The van der Waals surface area contributed by atoms with E-state index in [0.717, 1.165) is 5.69 Å². The fourth-order valence-corrected chi connectivity index (χ4v) is 1.27. The molecule has 0 radical (unpaired) electrons. The normalized spacial score (nSPS) is 12.1. The fraction of sp³-hybridized carbons (Fsp3) is 0.556. The van der Waals surface area contributed by atoms with Crippen LogP contribution in [0.3, 0.4) is 0 Å². The van der Waals surface area contributed by atoms with Gasteiger partial charge < -0.3 is 4.57 Å². The first-order valence-corrected chi connectivity index (χ1v) is 3.73. The highest BCUT2D eigenvalue weighted by Gasteiger charge is 2.17. The largest absolute Gasteiger partial charge is 0.351 e. The van der Waals surface area contributed by atoms with Crippen molar-refractivity contribution in [3.63, 3.8) is 0 Å². The summed E-state index contributed by atoms with van der Waals surface area (Å²) >= 11 is 0. The van der Waals surface area contributed by atoms with Crippen molar-refractivity contribution in [2.24, 2.45) is 7.05 Å². The molecule has 0 atom stereocenters. The predicted octanol–water partition coefficient (Wildman–Crippen LogP) is 2.46. The van der Waals surface area contributed by atoms with E-state index in [2.05, 4.69) is 20.8 Å². The lowest BCUT2D eigenvalue weighted by molar-refractivity contribution is 0.543. The Morgan fingerprint density at radius 2 is 1.91 bits per heavy atom. The van der Waals surface area contributed by atoms with Crippen molar-refractivity contribution in [3.05, 3.63) is 23.8 Å². The number of halogens is 1. The van der Waals surface area contributed by atoms with E-state index in [4.69, 9.17) is 0 Å². The Bertz CT molecular complexity index is 255. The standard InChI is InChI=1S/C9H14FN/c1-9(2,3)8-5-7(10)6-11(8)4/h5-6H,1-4H3. The van der Waals surface area contributed by atoms with Crippen LogP contribution in [-0.2, 0) is 12.5 Å². The summed E-state index contributed by atoms with van der Waals surface area (Å²) in [5.41, 5.74) is 1.05. The van der Waals surface area contributed by atoms with E-state index < -0.39 is 0 Å². The monoisotopic (exact) mass is 155 g/mol. The molecule has 0 fully saturated rings. The summed E-state index contributed by atoms with van der Waals surface area (Å²) in [5, 5.41) is 0. The molecule has 0 bridgehead atoms. The predicted molar refractivity (Wildman–Crippen MR) is 44.1 cm³/mol. The third kappa shape index (κ3) is 1.62. The molecule has 0 saturated carbocycles. The zero-order valence-electron chi connectivity index (χ0n) is 7.48. The maximum absolute atomic E-state index is 12.7. The summed E-state index contributed by atoms with van der Waals surface area (Å²) in [6.07, 6.45) is 1.50. The molecule has 0 aliphatic carbocycles. The summed E-state index contributed by atoms with van der Waals surface area (Å²) in [5.74, 6) is -0.155. The third-order valence-electron chi connectivity index (χ3n) is 1.74. The van der Waals surface area contributed by atoms with Crippen molar-refractivity contribution in [2.45, 2.75) is 26.2 Å². The lowest BCUT2D eigenvalue weighted by atomic mass is 9.92. The van der Waals surface area contributed by atoms with E-state index in [1.54, 1.807) is 6.07 Å². The van der Waals surface area contributed by atoms with E-state index in [-0.39, 0.29) is 11.2 Å². The Morgan fingerprint density at radius 1 is 1.36 bits per heavy atom. The molecule has 1 aromatic heterocycles. The summed E-state index contributed by atoms with van der Waals surface area (Å²) in [6.45, 7) is 6.21. The van der Waals surface area contributed by atoms with Crippen molar-refractivity contribution < 1.29 is 4.39 Å². The molecule has 2 heteroatoms. The summed E-state index contributed by atoms with van der Waals surface area (Å²) in [6, 6.07) is 1.58. The minimum atomic E-state index is -0.155. The first kappa shape index (κ1) is 8.31. The molecule has 0 spiro atoms. The van der Waals surface area contributed by atoms with Gasteiger partial charge in [-0.2, -0.15) is 0 Å². The van der Waals surface area contributed by atoms with Crippen LogP contribution in [0, 0.1) is 5.82 Å². The molecule has 0 saturated heterocycles. The Hall–Kier alpha value is -0.790. The molecule has 0 aromatic carbocycles. The van der Waals surface area contributed by atoms with Crippen LogP contribution in [-0.4, -0.2) is 4.57 Å². The van der Waals surface area contributed by atoms with Gasteiger partial charge in [-0.3, -0.25) is 0 Å². The average Bonchev–Trinajstić information content (AvgIpc) is 2.08. The molecule has 1 heterocycles. The first-order chi connectivity index (χ1) is 4.91. The molecule has 0 aliphatic heterocycles. The summed E-state index contributed by atoms with van der Waals surface area (Å²) in [4.78, 5) is 0. The van der Waals surface area contributed by atoms with Crippen molar-refractivity contribution in [1.29, 1.82) is 0 Å². The molecule has 0 amide bonds. The van der Waals surface area contributed by atoms with Crippen LogP contribution >= 0.6 is 0 Å². The van der Waals surface area contributed by atoms with Crippen LogP contribution in [0.2, 0.25) is 0 Å². The lowest BCUT2D eigenvalue weighted by Crippen LogP contribution is -2.15. The van der Waals surface area contributed by atoms with Crippen molar-refractivity contribution >= 4 is 0 Å². The fourth-order valence-electron chi connectivity index (χ4n) is 1.27. The number of nitrogens with zero attached hydrogens (tertiary/aromatic N) is 1. The molecular formula is C9H14FN. The second-order valence-corrected chi connectivity index (χ2v) is 3.90. The smallest absolute Gasteiger partial charge is 0.141 e. The number of hydrogen-bond donors (Lipinski definition) is 0. The molecule has 1 aromatic rings. The number of aryl methyl sites for hydroxylation is 1. The van der Waals surface area contributed by atoms with Gasteiger partial charge in [-0.1, -0.05) is 20.8 Å². The van der Waals surface area contributed by atoms with Gasteiger partial charge in [0.1, 0.15) is 5.82 Å². The summed E-state index contributed by atoms with van der Waals surface area (Å²) in [7, 11) is 1.86. The highest BCUT2D eigenvalue weighted by atomic mass is 19.1. The van der Waals surface area contributed by atoms with Gasteiger partial charge in [0.25, 0.3) is 0 Å². The number of rotatable bonds is 0. The third-order valence-corrected chi connectivity index (χ3v) is 1.74. The number of hydrogen-bond acceptors (Lipinski definition) is 0. The van der Waals surface area contributed by atoms with Gasteiger partial charge in [-0.25, -0.2) is 4.39 Å². The van der Waals surface area contributed by atoms with Crippen LogP contribution < -0.4 is 0 Å². The van der Waals surface area contributed by atoms with Crippen LogP contribution in [0.1, 0.15) is 26.5 Å². The van der Waals surface area contributed by atoms with E-state index in [1.807, 2.05) is 11.6 Å². The molecule has 0 N–H and O–H groups in total.